The predicted molar refractivity (Wildman–Crippen MR) is 86.1 cm³/mol. The van der Waals surface area contributed by atoms with Crippen molar-refractivity contribution >= 4 is 5.97 Å². The molecule has 0 aliphatic carbocycles. The average molecular weight is 292 g/mol. The standard InChI is InChI=1S/C17H28N2O2/c1-15(13-18-11-7-8-12-19(2)3)17(20)21-14-16-9-5-4-6-10-16/h4-6,9-10,15,18H,7-8,11-14H2,1-3H3. The summed E-state index contributed by atoms with van der Waals surface area (Å²) in [6, 6.07) is 9.76. The second-order valence-corrected chi connectivity index (χ2v) is 5.71. The van der Waals surface area contributed by atoms with Crippen LogP contribution in [0.4, 0.5) is 0 Å². The van der Waals surface area contributed by atoms with Crippen LogP contribution in [-0.4, -0.2) is 44.6 Å². The van der Waals surface area contributed by atoms with E-state index in [-0.39, 0.29) is 11.9 Å². The Morgan fingerprint density at radius 3 is 2.62 bits per heavy atom. The second kappa shape index (κ2) is 10.4. The van der Waals surface area contributed by atoms with Crippen molar-refractivity contribution in [1.82, 2.24) is 10.2 Å². The van der Waals surface area contributed by atoms with Crippen LogP contribution in [0.2, 0.25) is 0 Å². The van der Waals surface area contributed by atoms with Crippen molar-refractivity contribution in [1.29, 1.82) is 0 Å². The molecule has 0 aliphatic heterocycles. The summed E-state index contributed by atoms with van der Waals surface area (Å²) in [5.41, 5.74) is 1.02. The molecule has 0 bridgehead atoms. The number of hydrogen-bond donors (Lipinski definition) is 1. The third kappa shape index (κ3) is 8.48. The first kappa shape index (κ1) is 17.7. The maximum absolute atomic E-state index is 11.9. The summed E-state index contributed by atoms with van der Waals surface area (Å²) in [5.74, 6) is -0.248. The molecule has 1 unspecified atom stereocenters. The molecular formula is C17H28N2O2. The topological polar surface area (TPSA) is 41.6 Å². The van der Waals surface area contributed by atoms with Crippen molar-refractivity contribution in [2.75, 3.05) is 33.7 Å². The van der Waals surface area contributed by atoms with Crippen LogP contribution in [0.3, 0.4) is 0 Å². The van der Waals surface area contributed by atoms with Gasteiger partial charge >= 0.3 is 5.97 Å². The van der Waals surface area contributed by atoms with Crippen LogP contribution in [0.25, 0.3) is 0 Å². The summed E-state index contributed by atoms with van der Waals surface area (Å²) in [7, 11) is 4.16. The predicted octanol–water partition coefficient (Wildman–Crippen LogP) is 2.30. The van der Waals surface area contributed by atoms with Crippen molar-refractivity contribution in [2.24, 2.45) is 5.92 Å². The van der Waals surface area contributed by atoms with Gasteiger partial charge in [-0.1, -0.05) is 37.3 Å². The Bertz CT molecular complexity index is 393. The Morgan fingerprint density at radius 2 is 1.95 bits per heavy atom. The lowest BCUT2D eigenvalue weighted by atomic mass is 10.2. The molecule has 0 radical (unpaired) electrons. The van der Waals surface area contributed by atoms with Gasteiger partial charge in [-0.05, 0) is 45.6 Å². The SMILES string of the molecule is CC(CNCCCCN(C)C)C(=O)OCc1ccccc1. The summed E-state index contributed by atoms with van der Waals surface area (Å²) in [6.07, 6.45) is 2.30. The minimum atomic E-state index is -0.139. The van der Waals surface area contributed by atoms with E-state index < -0.39 is 0 Å². The number of carbonyl (C=O) groups is 1. The fraction of sp³-hybridized carbons (Fsp3) is 0.588. The highest BCUT2D eigenvalue weighted by atomic mass is 16.5. The Labute approximate surface area is 128 Å². The summed E-state index contributed by atoms with van der Waals surface area (Å²) < 4.78 is 5.31. The molecule has 1 N–H and O–H groups in total. The highest BCUT2D eigenvalue weighted by molar-refractivity contribution is 5.72. The normalized spacial score (nSPS) is 12.4. The van der Waals surface area contributed by atoms with E-state index in [1.807, 2.05) is 37.3 Å². The van der Waals surface area contributed by atoms with Gasteiger partial charge in [0.25, 0.3) is 0 Å². The zero-order chi connectivity index (χ0) is 15.5. The Kier molecular flexibility index (Phi) is 8.71. The minimum Gasteiger partial charge on any atom is -0.461 e. The van der Waals surface area contributed by atoms with Gasteiger partial charge < -0.3 is 15.0 Å². The first-order chi connectivity index (χ1) is 10.1. The summed E-state index contributed by atoms with van der Waals surface area (Å²) in [4.78, 5) is 14.0. The molecule has 0 spiro atoms. The number of nitrogens with one attached hydrogen (secondary N) is 1. The van der Waals surface area contributed by atoms with Gasteiger partial charge in [-0.25, -0.2) is 0 Å². The molecule has 4 nitrogen and oxygen atoms in total. The van der Waals surface area contributed by atoms with E-state index in [0.29, 0.717) is 13.2 Å². The van der Waals surface area contributed by atoms with Gasteiger partial charge in [0.15, 0.2) is 0 Å². The van der Waals surface area contributed by atoms with E-state index in [9.17, 15) is 4.79 Å². The number of ether oxygens (including phenoxy) is 1. The molecule has 0 aromatic heterocycles. The van der Waals surface area contributed by atoms with E-state index in [4.69, 9.17) is 4.74 Å². The number of unbranched alkanes of at least 4 members (excludes halogenated alkanes) is 1. The molecule has 1 aromatic carbocycles. The monoisotopic (exact) mass is 292 g/mol. The highest BCUT2D eigenvalue weighted by Crippen LogP contribution is 2.04. The number of benzene rings is 1. The fourth-order valence-electron chi connectivity index (χ4n) is 1.95. The Hall–Kier alpha value is -1.39. The summed E-state index contributed by atoms with van der Waals surface area (Å²) in [6.45, 7) is 4.99. The smallest absolute Gasteiger partial charge is 0.310 e. The molecule has 21 heavy (non-hydrogen) atoms. The molecule has 0 saturated heterocycles. The van der Waals surface area contributed by atoms with Crippen molar-refractivity contribution in [3.8, 4) is 0 Å². The lowest BCUT2D eigenvalue weighted by Crippen LogP contribution is -2.28. The van der Waals surface area contributed by atoms with Crippen molar-refractivity contribution in [3.05, 3.63) is 35.9 Å². The molecule has 0 heterocycles. The molecular weight excluding hydrogens is 264 g/mol. The van der Waals surface area contributed by atoms with Crippen LogP contribution in [0.15, 0.2) is 30.3 Å². The third-order valence-electron chi connectivity index (χ3n) is 3.29. The van der Waals surface area contributed by atoms with Gasteiger partial charge in [0.1, 0.15) is 6.61 Å². The van der Waals surface area contributed by atoms with Crippen LogP contribution in [0.5, 0.6) is 0 Å². The molecule has 0 saturated carbocycles. The van der Waals surface area contributed by atoms with Gasteiger partial charge in [0.05, 0.1) is 5.92 Å². The molecule has 0 fully saturated rings. The minimum absolute atomic E-state index is 0.109. The lowest BCUT2D eigenvalue weighted by Gasteiger charge is -2.13. The van der Waals surface area contributed by atoms with E-state index in [0.717, 1.165) is 25.1 Å². The van der Waals surface area contributed by atoms with Crippen molar-refractivity contribution in [3.63, 3.8) is 0 Å². The number of esters is 1. The molecule has 1 atom stereocenters. The largest absolute Gasteiger partial charge is 0.461 e. The van der Waals surface area contributed by atoms with Gasteiger partial charge in [0.2, 0.25) is 0 Å². The first-order valence-corrected chi connectivity index (χ1v) is 7.65. The maximum Gasteiger partial charge on any atom is 0.310 e. The maximum atomic E-state index is 11.9. The van der Waals surface area contributed by atoms with Crippen LogP contribution < -0.4 is 5.32 Å². The molecule has 1 rings (SSSR count). The van der Waals surface area contributed by atoms with Gasteiger partial charge in [-0.15, -0.1) is 0 Å². The number of hydrogen-bond acceptors (Lipinski definition) is 4. The average Bonchev–Trinajstić information content (AvgIpc) is 2.48. The van der Waals surface area contributed by atoms with Gasteiger partial charge in [-0.3, -0.25) is 4.79 Å². The zero-order valence-corrected chi connectivity index (χ0v) is 13.5. The van der Waals surface area contributed by atoms with E-state index in [1.165, 1.54) is 6.42 Å². The van der Waals surface area contributed by atoms with Gasteiger partial charge in [0, 0.05) is 6.54 Å². The fourth-order valence-corrected chi connectivity index (χ4v) is 1.95. The quantitative estimate of drug-likeness (QED) is 0.531. The van der Waals surface area contributed by atoms with Gasteiger partial charge in [-0.2, -0.15) is 0 Å². The molecule has 0 aliphatic rings. The van der Waals surface area contributed by atoms with Crippen LogP contribution in [0.1, 0.15) is 25.3 Å². The van der Waals surface area contributed by atoms with Crippen LogP contribution in [0, 0.1) is 5.92 Å². The van der Waals surface area contributed by atoms with E-state index in [2.05, 4.69) is 24.3 Å². The van der Waals surface area contributed by atoms with Crippen LogP contribution in [-0.2, 0) is 16.1 Å². The molecule has 4 heteroatoms. The Morgan fingerprint density at radius 1 is 1.24 bits per heavy atom. The zero-order valence-electron chi connectivity index (χ0n) is 13.5. The molecule has 1 aromatic rings. The Balaban J connectivity index is 2.08. The molecule has 0 amide bonds. The lowest BCUT2D eigenvalue weighted by molar-refractivity contribution is -0.149. The van der Waals surface area contributed by atoms with E-state index >= 15 is 0 Å². The summed E-state index contributed by atoms with van der Waals surface area (Å²) >= 11 is 0. The third-order valence-corrected chi connectivity index (χ3v) is 3.29. The second-order valence-electron chi connectivity index (χ2n) is 5.71. The number of rotatable bonds is 10. The highest BCUT2D eigenvalue weighted by Gasteiger charge is 2.13. The molecule has 118 valence electrons. The van der Waals surface area contributed by atoms with Crippen LogP contribution >= 0.6 is 0 Å². The number of nitrogens with zero attached hydrogens (tertiary/aromatic N) is 1. The summed E-state index contributed by atoms with van der Waals surface area (Å²) in [5, 5.41) is 3.32. The van der Waals surface area contributed by atoms with Crippen molar-refractivity contribution < 1.29 is 9.53 Å². The van der Waals surface area contributed by atoms with Crippen molar-refractivity contribution in [2.45, 2.75) is 26.4 Å². The van der Waals surface area contributed by atoms with E-state index in [1.54, 1.807) is 0 Å². The first-order valence-electron chi connectivity index (χ1n) is 7.65. The number of carbonyl (C=O) groups excluding carboxylic acids is 1.